The largest absolute Gasteiger partial charge is 0.480 e. The zero-order valence-corrected chi connectivity index (χ0v) is 19.0. The van der Waals surface area contributed by atoms with Crippen molar-refractivity contribution < 1.29 is 24.2 Å². The molecule has 7 heteroatoms. The fourth-order valence-corrected chi connectivity index (χ4v) is 4.14. The van der Waals surface area contributed by atoms with E-state index in [1.165, 1.54) is 11.0 Å². The summed E-state index contributed by atoms with van der Waals surface area (Å²) >= 11 is 0. The van der Waals surface area contributed by atoms with Crippen molar-refractivity contribution in [2.45, 2.75) is 32.2 Å². The van der Waals surface area contributed by atoms with Gasteiger partial charge in [-0.05, 0) is 28.2 Å². The van der Waals surface area contributed by atoms with Crippen molar-refractivity contribution in [1.82, 2.24) is 10.2 Å². The van der Waals surface area contributed by atoms with E-state index in [1.54, 1.807) is 0 Å². The van der Waals surface area contributed by atoms with Crippen LogP contribution in [0.2, 0.25) is 0 Å². The molecule has 174 valence electrons. The van der Waals surface area contributed by atoms with Crippen LogP contribution in [-0.2, 0) is 14.3 Å². The number of carboxylic acids is 1. The van der Waals surface area contributed by atoms with E-state index < -0.39 is 24.6 Å². The van der Waals surface area contributed by atoms with Gasteiger partial charge in [-0.3, -0.25) is 9.59 Å². The highest BCUT2D eigenvalue weighted by molar-refractivity contribution is 5.82. The second-order valence-electron chi connectivity index (χ2n) is 8.48. The maximum absolute atomic E-state index is 12.6. The summed E-state index contributed by atoms with van der Waals surface area (Å²) in [6.45, 7) is 7.23. The monoisotopic (exact) mass is 450 g/mol. The highest BCUT2D eigenvalue weighted by atomic mass is 16.5. The van der Waals surface area contributed by atoms with E-state index in [0.717, 1.165) is 22.3 Å². The summed E-state index contributed by atoms with van der Waals surface area (Å²) in [5.74, 6) is -1.57. The minimum Gasteiger partial charge on any atom is -0.480 e. The average Bonchev–Trinajstić information content (AvgIpc) is 3.10. The molecule has 0 saturated carbocycles. The first kappa shape index (κ1) is 24.0. The maximum Gasteiger partial charge on any atom is 0.407 e. The zero-order chi connectivity index (χ0) is 24.0. The molecule has 0 aromatic heterocycles. The van der Waals surface area contributed by atoms with Gasteiger partial charge in [0.2, 0.25) is 5.91 Å². The van der Waals surface area contributed by atoms with Crippen LogP contribution in [0.25, 0.3) is 11.1 Å². The molecule has 3 rings (SSSR count). The SMILES string of the molecule is C=CCN(CC(=O)O)C(=O)CC(NC(=O)OCC1c2ccccc2-c2ccccc21)C(C)C. The number of amides is 2. The van der Waals surface area contributed by atoms with Crippen molar-refractivity contribution in [2.24, 2.45) is 5.92 Å². The molecule has 33 heavy (non-hydrogen) atoms. The number of ether oxygens (including phenoxy) is 1. The Kier molecular flexibility index (Phi) is 7.87. The Labute approximate surface area is 194 Å². The van der Waals surface area contributed by atoms with Gasteiger partial charge in [0.05, 0.1) is 0 Å². The first-order valence-corrected chi connectivity index (χ1v) is 11.0. The first-order chi connectivity index (χ1) is 15.8. The molecular formula is C26H30N2O5. The first-order valence-electron chi connectivity index (χ1n) is 11.0. The zero-order valence-electron chi connectivity index (χ0n) is 19.0. The smallest absolute Gasteiger partial charge is 0.407 e. The molecule has 0 bridgehead atoms. The predicted octanol–water partition coefficient (Wildman–Crippen LogP) is 4.04. The van der Waals surface area contributed by atoms with Gasteiger partial charge in [-0.1, -0.05) is 68.5 Å². The third kappa shape index (κ3) is 5.80. The van der Waals surface area contributed by atoms with Crippen LogP contribution < -0.4 is 5.32 Å². The van der Waals surface area contributed by atoms with Crippen LogP contribution in [0.4, 0.5) is 4.79 Å². The van der Waals surface area contributed by atoms with E-state index in [-0.39, 0.29) is 37.3 Å². The number of aliphatic carboxylic acids is 1. The molecule has 0 radical (unpaired) electrons. The van der Waals surface area contributed by atoms with Gasteiger partial charge in [0.1, 0.15) is 13.2 Å². The molecule has 7 nitrogen and oxygen atoms in total. The van der Waals surface area contributed by atoms with E-state index in [1.807, 2.05) is 50.2 Å². The van der Waals surface area contributed by atoms with Gasteiger partial charge >= 0.3 is 12.1 Å². The lowest BCUT2D eigenvalue weighted by Gasteiger charge is -2.26. The number of alkyl carbamates (subject to hydrolysis) is 1. The molecule has 1 atom stereocenters. The van der Waals surface area contributed by atoms with Gasteiger partial charge in [-0.25, -0.2) is 4.79 Å². The predicted molar refractivity (Wildman–Crippen MR) is 126 cm³/mol. The maximum atomic E-state index is 12.6. The Morgan fingerprint density at radius 1 is 1.09 bits per heavy atom. The fourth-order valence-electron chi connectivity index (χ4n) is 4.14. The fraction of sp³-hybridized carbons (Fsp3) is 0.346. The van der Waals surface area contributed by atoms with Gasteiger partial charge in [0.15, 0.2) is 0 Å². The van der Waals surface area contributed by atoms with Crippen molar-refractivity contribution in [2.75, 3.05) is 19.7 Å². The van der Waals surface area contributed by atoms with Gasteiger partial charge in [0.25, 0.3) is 0 Å². The molecule has 0 aliphatic heterocycles. The summed E-state index contributed by atoms with van der Waals surface area (Å²) in [6.07, 6.45) is 0.851. The standard InChI is InChI=1S/C26H30N2O5/c1-4-13-28(15-25(30)31)24(29)14-23(17(2)3)27-26(32)33-16-22-20-11-7-5-9-18(20)19-10-6-8-12-21(19)22/h4-12,17,22-23H,1,13-16H2,2-3H3,(H,27,32)(H,30,31). The lowest BCUT2D eigenvalue weighted by molar-refractivity contribution is -0.144. The Morgan fingerprint density at radius 3 is 2.18 bits per heavy atom. The molecule has 1 aliphatic rings. The van der Waals surface area contributed by atoms with E-state index in [9.17, 15) is 14.4 Å². The Bertz CT molecular complexity index is 987. The lowest BCUT2D eigenvalue weighted by Crippen LogP contribution is -2.45. The van der Waals surface area contributed by atoms with Gasteiger partial charge in [-0.15, -0.1) is 6.58 Å². The summed E-state index contributed by atoms with van der Waals surface area (Å²) in [7, 11) is 0. The number of rotatable bonds is 10. The van der Waals surface area contributed by atoms with Gasteiger partial charge in [0, 0.05) is 24.9 Å². The van der Waals surface area contributed by atoms with Crippen molar-refractivity contribution >= 4 is 18.0 Å². The minimum atomic E-state index is -1.10. The number of nitrogens with zero attached hydrogens (tertiary/aromatic N) is 1. The van der Waals surface area contributed by atoms with E-state index in [4.69, 9.17) is 9.84 Å². The Hall–Kier alpha value is -3.61. The molecule has 1 unspecified atom stereocenters. The van der Waals surface area contributed by atoms with Crippen LogP contribution in [0.15, 0.2) is 61.2 Å². The Balaban J connectivity index is 1.63. The molecule has 2 aromatic carbocycles. The third-order valence-corrected chi connectivity index (χ3v) is 5.87. The van der Waals surface area contributed by atoms with Crippen LogP contribution in [0, 0.1) is 5.92 Å². The van der Waals surface area contributed by atoms with Crippen molar-refractivity contribution in [3.63, 3.8) is 0 Å². The molecule has 0 saturated heterocycles. The number of nitrogens with one attached hydrogen (secondary N) is 1. The van der Waals surface area contributed by atoms with Gasteiger partial charge in [-0.2, -0.15) is 0 Å². The van der Waals surface area contributed by atoms with Crippen LogP contribution in [-0.4, -0.2) is 53.7 Å². The van der Waals surface area contributed by atoms with Gasteiger partial charge < -0.3 is 20.1 Å². The lowest BCUT2D eigenvalue weighted by atomic mass is 9.98. The molecule has 0 heterocycles. The normalized spacial score (nSPS) is 13.1. The summed E-state index contributed by atoms with van der Waals surface area (Å²) < 4.78 is 5.59. The number of carbonyl (C=O) groups is 3. The van der Waals surface area contributed by atoms with Crippen LogP contribution in [0.3, 0.4) is 0 Å². The topological polar surface area (TPSA) is 95.9 Å². The number of hydrogen-bond donors (Lipinski definition) is 2. The summed E-state index contributed by atoms with van der Waals surface area (Å²) in [6, 6.07) is 15.7. The molecule has 2 aromatic rings. The third-order valence-electron chi connectivity index (χ3n) is 5.87. The molecule has 0 spiro atoms. The number of hydrogen-bond acceptors (Lipinski definition) is 4. The summed E-state index contributed by atoms with van der Waals surface area (Å²) in [5.41, 5.74) is 4.54. The van der Waals surface area contributed by atoms with E-state index in [2.05, 4.69) is 24.0 Å². The van der Waals surface area contributed by atoms with Crippen molar-refractivity contribution in [1.29, 1.82) is 0 Å². The Morgan fingerprint density at radius 2 is 1.67 bits per heavy atom. The number of benzene rings is 2. The van der Waals surface area contributed by atoms with E-state index >= 15 is 0 Å². The average molecular weight is 451 g/mol. The quantitative estimate of drug-likeness (QED) is 0.533. The van der Waals surface area contributed by atoms with Crippen molar-refractivity contribution in [3.8, 4) is 11.1 Å². The molecule has 1 aliphatic carbocycles. The highest BCUT2D eigenvalue weighted by Gasteiger charge is 2.30. The summed E-state index contributed by atoms with van der Waals surface area (Å²) in [5, 5.41) is 11.8. The molecule has 0 fully saturated rings. The second-order valence-corrected chi connectivity index (χ2v) is 8.48. The van der Waals surface area contributed by atoms with Crippen molar-refractivity contribution in [3.05, 3.63) is 72.3 Å². The minimum absolute atomic E-state index is 0.0248. The van der Waals surface area contributed by atoms with Crippen LogP contribution in [0.1, 0.15) is 37.3 Å². The molecule has 2 amide bonds. The number of carbonyl (C=O) groups excluding carboxylic acids is 2. The van der Waals surface area contributed by atoms with Crippen LogP contribution >= 0.6 is 0 Å². The highest BCUT2D eigenvalue weighted by Crippen LogP contribution is 2.44. The molecule has 2 N–H and O–H groups in total. The molecular weight excluding hydrogens is 420 g/mol. The number of carboxylic acid groups (broad SMARTS) is 1. The number of fused-ring (bicyclic) bond motifs is 3. The van der Waals surface area contributed by atoms with E-state index in [0.29, 0.717) is 0 Å². The second kappa shape index (κ2) is 10.8. The van der Waals surface area contributed by atoms with Crippen LogP contribution in [0.5, 0.6) is 0 Å². The summed E-state index contributed by atoms with van der Waals surface area (Å²) in [4.78, 5) is 37.5.